The number of hydrogen-bond donors (Lipinski definition) is 3. The second-order valence-electron chi connectivity index (χ2n) is 13.5. The van der Waals surface area contributed by atoms with Gasteiger partial charge < -0.3 is 25.4 Å². The Morgan fingerprint density at radius 2 is 1.54 bits per heavy atom. The van der Waals surface area contributed by atoms with Crippen LogP contribution in [-0.2, 0) is 35.5 Å². The molecule has 0 aliphatic heterocycles. The number of hydrogen-bond acceptors (Lipinski definition) is 8. The van der Waals surface area contributed by atoms with E-state index >= 15 is 0 Å². The van der Waals surface area contributed by atoms with Gasteiger partial charge in [0.25, 0.3) is 0 Å². The van der Waals surface area contributed by atoms with Crippen molar-refractivity contribution in [3.8, 4) is 0 Å². The number of benzene rings is 2. The molecule has 4 aromatic rings. The van der Waals surface area contributed by atoms with E-state index in [4.69, 9.17) is 4.74 Å². The molecule has 0 aliphatic rings. The van der Waals surface area contributed by atoms with E-state index in [0.29, 0.717) is 25.3 Å². The van der Waals surface area contributed by atoms with Gasteiger partial charge in [0.2, 0.25) is 0 Å². The number of Topliss-reactive ketones (excluding diaryl/α,β-unsaturated/α-hetero) is 1. The van der Waals surface area contributed by atoms with Gasteiger partial charge in [0.1, 0.15) is 6.61 Å². The fraction of sp³-hybridized carbons (Fsp3) is 0.436. The van der Waals surface area contributed by atoms with Crippen molar-refractivity contribution in [3.63, 3.8) is 0 Å². The number of ketones is 1. The molecule has 2 aromatic carbocycles. The summed E-state index contributed by atoms with van der Waals surface area (Å²) in [5, 5.41) is 22.5. The number of aliphatic hydroxyl groups excluding tert-OH is 1. The van der Waals surface area contributed by atoms with Crippen molar-refractivity contribution >= 4 is 40.6 Å². The summed E-state index contributed by atoms with van der Waals surface area (Å²) in [7, 11) is 1.70. The Kier molecular flexibility index (Phi) is 15.0. The fourth-order valence-corrected chi connectivity index (χ4v) is 7.26. The number of carbonyl (C=O) groups is 3. The molecule has 4 atom stereocenters. The number of ether oxygens (including phenoxy) is 1. The standard InChI is InChI=1S/C39H50N4O5S2/c1-26(2)36(42-38(46)43(5)23-31-25-50-37(40-31)27(3)4)35(45)22-30(19-28-13-8-6-9-14-28)21-34(44)33(20-29-15-10-7-11-16-29)41-39(47)48-24-32-17-12-18-49-32/h6-18,25-27,30,33-34,36,44H,19-24H2,1-5H3,(H,41,47)(H,42,46)/t30-,33-,34-,36?/m0/s1. The third kappa shape index (κ3) is 12.4. The lowest BCUT2D eigenvalue weighted by molar-refractivity contribution is -0.123. The van der Waals surface area contributed by atoms with Crippen molar-refractivity contribution < 1.29 is 24.2 Å². The first-order valence-corrected chi connectivity index (χ1v) is 18.9. The molecule has 0 saturated carbocycles. The molecule has 2 aromatic heterocycles. The zero-order valence-corrected chi connectivity index (χ0v) is 31.2. The van der Waals surface area contributed by atoms with Crippen LogP contribution in [-0.4, -0.2) is 58.1 Å². The molecule has 3 N–H and O–H groups in total. The maximum atomic E-state index is 14.0. The first-order valence-electron chi connectivity index (χ1n) is 17.2. The highest BCUT2D eigenvalue weighted by atomic mass is 32.1. The number of alkyl carbamates (subject to hydrolysis) is 1. The van der Waals surface area contributed by atoms with E-state index in [1.165, 1.54) is 11.3 Å². The van der Waals surface area contributed by atoms with Crippen LogP contribution in [0, 0.1) is 11.8 Å². The summed E-state index contributed by atoms with van der Waals surface area (Å²) < 4.78 is 5.48. The summed E-state index contributed by atoms with van der Waals surface area (Å²) in [6.07, 6.45) is -0.257. The topological polar surface area (TPSA) is 121 Å². The number of rotatable bonds is 18. The zero-order chi connectivity index (χ0) is 36.0. The second-order valence-corrected chi connectivity index (χ2v) is 15.4. The van der Waals surface area contributed by atoms with E-state index < -0.39 is 24.3 Å². The third-order valence-corrected chi connectivity index (χ3v) is 10.6. The summed E-state index contributed by atoms with van der Waals surface area (Å²) in [6.45, 7) is 8.49. The van der Waals surface area contributed by atoms with Crippen LogP contribution in [0.4, 0.5) is 9.59 Å². The quantitative estimate of drug-likeness (QED) is 0.0975. The lowest BCUT2D eigenvalue weighted by atomic mass is 9.84. The molecular formula is C39H50N4O5S2. The van der Waals surface area contributed by atoms with E-state index in [0.717, 1.165) is 26.7 Å². The normalized spacial score (nSPS) is 13.8. The number of amides is 3. The molecule has 0 spiro atoms. The maximum absolute atomic E-state index is 14.0. The van der Waals surface area contributed by atoms with Gasteiger partial charge in [-0.1, -0.05) is 94.4 Å². The van der Waals surface area contributed by atoms with Gasteiger partial charge in [-0.3, -0.25) is 4.79 Å². The molecule has 0 radical (unpaired) electrons. The van der Waals surface area contributed by atoms with Crippen molar-refractivity contribution in [1.82, 2.24) is 20.5 Å². The Labute approximate surface area is 304 Å². The molecule has 0 fully saturated rings. The van der Waals surface area contributed by atoms with E-state index in [2.05, 4.69) is 29.5 Å². The zero-order valence-electron chi connectivity index (χ0n) is 29.6. The van der Waals surface area contributed by atoms with E-state index in [-0.39, 0.29) is 43.1 Å². The number of thiophene rings is 1. The summed E-state index contributed by atoms with van der Waals surface area (Å²) in [5.74, 6) is -0.205. The minimum atomic E-state index is -0.974. The maximum Gasteiger partial charge on any atom is 0.407 e. The minimum absolute atomic E-state index is 0.103. The minimum Gasteiger partial charge on any atom is -0.444 e. The van der Waals surface area contributed by atoms with Crippen LogP contribution in [0.25, 0.3) is 0 Å². The van der Waals surface area contributed by atoms with Crippen LogP contribution in [0.3, 0.4) is 0 Å². The third-order valence-electron chi connectivity index (χ3n) is 8.53. The second kappa shape index (κ2) is 19.4. The SMILES string of the molecule is CC(C)c1nc(CN(C)C(=O)NC(C(=O)C[C@@H](Cc2ccccc2)C[C@H](O)[C@H](Cc2ccccc2)NC(=O)OCc2cccs2)C(C)C)cs1. The van der Waals surface area contributed by atoms with E-state index in [1.54, 1.807) is 23.3 Å². The van der Waals surface area contributed by atoms with Crippen LogP contribution >= 0.6 is 22.7 Å². The Balaban J connectivity index is 1.46. The van der Waals surface area contributed by atoms with Crippen LogP contribution in [0.15, 0.2) is 83.6 Å². The predicted molar refractivity (Wildman–Crippen MR) is 200 cm³/mol. The van der Waals surface area contributed by atoms with Gasteiger partial charge in [-0.25, -0.2) is 14.6 Å². The Morgan fingerprint density at radius 1 is 0.880 bits per heavy atom. The molecule has 268 valence electrons. The smallest absolute Gasteiger partial charge is 0.407 e. The highest BCUT2D eigenvalue weighted by molar-refractivity contribution is 7.10. The Hall–Kier alpha value is -4.06. The summed E-state index contributed by atoms with van der Waals surface area (Å²) in [4.78, 5) is 47.3. The molecule has 11 heteroatoms. The summed E-state index contributed by atoms with van der Waals surface area (Å²) in [5.41, 5.74) is 2.81. The molecule has 1 unspecified atom stereocenters. The first kappa shape index (κ1) is 38.7. The largest absolute Gasteiger partial charge is 0.444 e. The summed E-state index contributed by atoms with van der Waals surface area (Å²) >= 11 is 3.08. The van der Waals surface area contributed by atoms with Gasteiger partial charge >= 0.3 is 12.1 Å². The van der Waals surface area contributed by atoms with Crippen LogP contribution < -0.4 is 10.6 Å². The Bertz CT molecular complexity index is 1610. The van der Waals surface area contributed by atoms with Gasteiger partial charge in [-0.15, -0.1) is 22.7 Å². The molecular weight excluding hydrogens is 669 g/mol. The molecule has 0 bridgehead atoms. The monoisotopic (exact) mass is 718 g/mol. The highest BCUT2D eigenvalue weighted by Crippen LogP contribution is 2.24. The van der Waals surface area contributed by atoms with Crippen molar-refractivity contribution in [2.45, 2.75) is 90.6 Å². The average molecular weight is 719 g/mol. The van der Waals surface area contributed by atoms with Gasteiger partial charge in [0, 0.05) is 29.6 Å². The van der Waals surface area contributed by atoms with Crippen molar-refractivity contribution in [2.75, 3.05) is 7.05 Å². The van der Waals surface area contributed by atoms with Crippen LogP contribution in [0.1, 0.15) is 73.2 Å². The number of aliphatic hydroxyl groups is 1. The van der Waals surface area contributed by atoms with Gasteiger partial charge in [0.15, 0.2) is 5.78 Å². The van der Waals surface area contributed by atoms with Crippen molar-refractivity contribution in [1.29, 1.82) is 0 Å². The predicted octanol–water partition coefficient (Wildman–Crippen LogP) is 7.60. The molecule has 50 heavy (non-hydrogen) atoms. The van der Waals surface area contributed by atoms with Gasteiger partial charge in [0.05, 0.1) is 35.4 Å². The number of thiazole rings is 1. The van der Waals surface area contributed by atoms with Crippen molar-refractivity contribution in [3.05, 3.63) is 110 Å². The van der Waals surface area contributed by atoms with Crippen LogP contribution in [0.2, 0.25) is 0 Å². The lowest BCUT2D eigenvalue weighted by Crippen LogP contribution is -2.49. The average Bonchev–Trinajstić information content (AvgIpc) is 3.79. The number of urea groups is 1. The summed E-state index contributed by atoms with van der Waals surface area (Å²) in [6, 6.07) is 21.6. The highest BCUT2D eigenvalue weighted by Gasteiger charge is 2.31. The van der Waals surface area contributed by atoms with E-state index in [1.807, 2.05) is 97.4 Å². The van der Waals surface area contributed by atoms with Gasteiger partial charge in [-0.05, 0) is 53.7 Å². The molecule has 2 heterocycles. The first-order chi connectivity index (χ1) is 24.0. The lowest BCUT2D eigenvalue weighted by Gasteiger charge is -2.29. The molecule has 0 aliphatic carbocycles. The molecule has 3 amide bonds. The van der Waals surface area contributed by atoms with Gasteiger partial charge in [-0.2, -0.15) is 0 Å². The number of aromatic nitrogens is 1. The van der Waals surface area contributed by atoms with Crippen LogP contribution in [0.5, 0.6) is 0 Å². The molecule has 0 saturated heterocycles. The fourth-order valence-electron chi connectivity index (χ4n) is 5.82. The number of nitrogens with one attached hydrogen (secondary N) is 2. The number of nitrogens with zero attached hydrogens (tertiary/aromatic N) is 2. The molecule has 4 rings (SSSR count). The number of carbonyl (C=O) groups excluding carboxylic acids is 3. The van der Waals surface area contributed by atoms with E-state index in [9.17, 15) is 19.5 Å². The van der Waals surface area contributed by atoms with Crippen molar-refractivity contribution in [2.24, 2.45) is 11.8 Å². The molecule has 9 nitrogen and oxygen atoms in total. The Morgan fingerprint density at radius 3 is 2.12 bits per heavy atom.